The fourth-order valence-corrected chi connectivity index (χ4v) is 5.68. The van der Waals surface area contributed by atoms with Gasteiger partial charge in [-0.05, 0) is 70.6 Å². The van der Waals surface area contributed by atoms with Crippen molar-refractivity contribution in [3.8, 4) is 0 Å². The molecule has 0 N–H and O–H groups in total. The lowest BCUT2D eigenvalue weighted by atomic mass is 10.1. The SMILES string of the molecule is CC/C=C\C/C=C\C/C=C\C/C=C\C/C=C\C/C=C\CCCCCCC(=O)OCC(COC(=O)CCCCCCCC)OC(=O)CCCCCCCCC. The van der Waals surface area contributed by atoms with Crippen LogP contribution < -0.4 is 0 Å². The molecule has 54 heavy (non-hydrogen) atoms. The van der Waals surface area contributed by atoms with Crippen molar-refractivity contribution in [2.45, 2.75) is 200 Å². The van der Waals surface area contributed by atoms with Gasteiger partial charge in [0.2, 0.25) is 0 Å². The van der Waals surface area contributed by atoms with Crippen LogP contribution in [0.4, 0.5) is 0 Å². The summed E-state index contributed by atoms with van der Waals surface area (Å²) in [5, 5.41) is 0. The van der Waals surface area contributed by atoms with E-state index in [-0.39, 0.29) is 31.1 Å². The first-order valence-corrected chi connectivity index (χ1v) is 21.9. The van der Waals surface area contributed by atoms with Gasteiger partial charge in [-0.1, -0.05) is 177 Å². The number of allylic oxidation sites excluding steroid dienone is 12. The van der Waals surface area contributed by atoms with Gasteiger partial charge in [-0.2, -0.15) is 0 Å². The number of esters is 3. The lowest BCUT2D eigenvalue weighted by Crippen LogP contribution is -2.30. The second-order valence-electron chi connectivity index (χ2n) is 14.2. The molecule has 0 aromatic rings. The van der Waals surface area contributed by atoms with E-state index in [2.05, 4.69) is 93.7 Å². The second-order valence-corrected chi connectivity index (χ2v) is 14.2. The molecule has 0 rings (SSSR count). The number of ether oxygens (including phenoxy) is 3. The third-order valence-electron chi connectivity index (χ3n) is 8.98. The molecule has 1 unspecified atom stereocenters. The van der Waals surface area contributed by atoms with Gasteiger partial charge in [-0.3, -0.25) is 14.4 Å². The Morgan fingerprint density at radius 3 is 1.13 bits per heavy atom. The largest absolute Gasteiger partial charge is 0.462 e. The average Bonchev–Trinajstić information content (AvgIpc) is 3.17. The maximum atomic E-state index is 12.5. The van der Waals surface area contributed by atoms with Crippen LogP contribution in [0.25, 0.3) is 0 Å². The van der Waals surface area contributed by atoms with Crippen LogP contribution in [0.2, 0.25) is 0 Å². The van der Waals surface area contributed by atoms with Crippen LogP contribution in [0.1, 0.15) is 194 Å². The van der Waals surface area contributed by atoms with Crippen molar-refractivity contribution < 1.29 is 28.6 Å². The Bertz CT molecular complexity index is 1050. The second kappa shape index (κ2) is 42.6. The molecule has 1 atom stereocenters. The van der Waals surface area contributed by atoms with Crippen molar-refractivity contribution in [1.29, 1.82) is 0 Å². The van der Waals surface area contributed by atoms with Crippen LogP contribution in [-0.2, 0) is 28.6 Å². The molecule has 6 nitrogen and oxygen atoms in total. The van der Waals surface area contributed by atoms with E-state index in [1.807, 2.05) is 0 Å². The topological polar surface area (TPSA) is 78.9 Å². The zero-order chi connectivity index (χ0) is 39.4. The van der Waals surface area contributed by atoms with E-state index < -0.39 is 6.10 Å². The number of carbonyl (C=O) groups is 3. The molecule has 6 heteroatoms. The molecule has 0 saturated carbocycles. The van der Waals surface area contributed by atoms with E-state index in [0.717, 1.165) is 109 Å². The molecule has 0 radical (unpaired) electrons. The molecule has 0 aliphatic rings. The van der Waals surface area contributed by atoms with Gasteiger partial charge in [0, 0.05) is 19.3 Å². The lowest BCUT2D eigenvalue weighted by Gasteiger charge is -2.18. The normalized spacial score (nSPS) is 12.7. The number of carbonyl (C=O) groups excluding carboxylic acids is 3. The highest BCUT2D eigenvalue weighted by molar-refractivity contribution is 5.71. The number of hydrogen-bond acceptors (Lipinski definition) is 6. The average molecular weight is 753 g/mol. The van der Waals surface area contributed by atoms with E-state index in [9.17, 15) is 14.4 Å². The molecular formula is C48H80O6. The van der Waals surface area contributed by atoms with Gasteiger partial charge < -0.3 is 14.2 Å². The van der Waals surface area contributed by atoms with Gasteiger partial charge in [0.15, 0.2) is 6.10 Å². The Labute approximate surface area is 332 Å². The smallest absolute Gasteiger partial charge is 0.306 e. The summed E-state index contributed by atoms with van der Waals surface area (Å²) in [5.74, 6) is -0.934. The van der Waals surface area contributed by atoms with Crippen LogP contribution in [0.15, 0.2) is 72.9 Å². The van der Waals surface area contributed by atoms with Gasteiger partial charge in [-0.25, -0.2) is 0 Å². The Hall–Kier alpha value is -3.15. The van der Waals surface area contributed by atoms with Crippen molar-refractivity contribution in [3.63, 3.8) is 0 Å². The molecule has 0 saturated heterocycles. The highest BCUT2D eigenvalue weighted by Crippen LogP contribution is 2.12. The zero-order valence-corrected chi connectivity index (χ0v) is 35.0. The van der Waals surface area contributed by atoms with Crippen LogP contribution in [0.5, 0.6) is 0 Å². The molecule has 0 spiro atoms. The molecule has 0 aromatic heterocycles. The van der Waals surface area contributed by atoms with Gasteiger partial charge >= 0.3 is 17.9 Å². The summed E-state index contributed by atoms with van der Waals surface area (Å²) in [7, 11) is 0. The molecule has 0 heterocycles. The Kier molecular flexibility index (Phi) is 40.1. The molecule has 0 fully saturated rings. The lowest BCUT2D eigenvalue weighted by molar-refractivity contribution is -0.167. The summed E-state index contributed by atoms with van der Waals surface area (Å²) < 4.78 is 16.5. The van der Waals surface area contributed by atoms with Crippen LogP contribution in [0, 0.1) is 0 Å². The molecule has 0 bridgehead atoms. The quantitative estimate of drug-likeness (QED) is 0.0270. The minimum atomic E-state index is -0.777. The highest BCUT2D eigenvalue weighted by atomic mass is 16.6. The van der Waals surface area contributed by atoms with E-state index in [1.165, 1.54) is 44.9 Å². The number of unbranched alkanes of at least 4 members (excludes halogenated alkanes) is 15. The van der Waals surface area contributed by atoms with Crippen LogP contribution in [-0.4, -0.2) is 37.2 Å². The minimum absolute atomic E-state index is 0.0840. The maximum absolute atomic E-state index is 12.5. The Morgan fingerprint density at radius 2 is 0.722 bits per heavy atom. The summed E-state index contributed by atoms with van der Waals surface area (Å²) in [6.07, 6.45) is 52.1. The van der Waals surface area contributed by atoms with E-state index in [1.54, 1.807) is 0 Å². The summed E-state index contributed by atoms with van der Waals surface area (Å²) in [5.41, 5.74) is 0. The summed E-state index contributed by atoms with van der Waals surface area (Å²) in [6, 6.07) is 0. The van der Waals surface area contributed by atoms with Crippen LogP contribution >= 0.6 is 0 Å². The Morgan fingerprint density at radius 1 is 0.389 bits per heavy atom. The fraction of sp³-hybridized carbons (Fsp3) is 0.688. The summed E-state index contributed by atoms with van der Waals surface area (Å²) in [4.78, 5) is 37.3. The maximum Gasteiger partial charge on any atom is 0.306 e. The van der Waals surface area contributed by atoms with E-state index >= 15 is 0 Å². The predicted molar refractivity (Wildman–Crippen MR) is 228 cm³/mol. The van der Waals surface area contributed by atoms with Gasteiger partial charge in [0.25, 0.3) is 0 Å². The first-order chi connectivity index (χ1) is 26.5. The molecule has 0 aliphatic carbocycles. The van der Waals surface area contributed by atoms with Crippen molar-refractivity contribution in [3.05, 3.63) is 72.9 Å². The molecule has 0 aromatic carbocycles. The highest BCUT2D eigenvalue weighted by Gasteiger charge is 2.19. The van der Waals surface area contributed by atoms with Gasteiger partial charge in [0.05, 0.1) is 0 Å². The third kappa shape index (κ3) is 40.0. The van der Waals surface area contributed by atoms with Crippen molar-refractivity contribution in [2.75, 3.05) is 13.2 Å². The molecule has 308 valence electrons. The minimum Gasteiger partial charge on any atom is -0.462 e. The van der Waals surface area contributed by atoms with Gasteiger partial charge in [0.1, 0.15) is 13.2 Å². The van der Waals surface area contributed by atoms with E-state index in [0.29, 0.717) is 19.3 Å². The van der Waals surface area contributed by atoms with Gasteiger partial charge in [-0.15, -0.1) is 0 Å². The molecule has 0 aliphatic heterocycles. The van der Waals surface area contributed by atoms with E-state index in [4.69, 9.17) is 14.2 Å². The zero-order valence-electron chi connectivity index (χ0n) is 35.0. The summed E-state index contributed by atoms with van der Waals surface area (Å²) >= 11 is 0. The first kappa shape index (κ1) is 50.9. The number of hydrogen-bond donors (Lipinski definition) is 0. The molecular weight excluding hydrogens is 673 g/mol. The summed E-state index contributed by atoms with van der Waals surface area (Å²) in [6.45, 7) is 6.37. The molecule has 0 amide bonds. The van der Waals surface area contributed by atoms with Crippen molar-refractivity contribution in [2.24, 2.45) is 0 Å². The monoisotopic (exact) mass is 753 g/mol. The van der Waals surface area contributed by atoms with Crippen molar-refractivity contribution in [1.82, 2.24) is 0 Å². The third-order valence-corrected chi connectivity index (χ3v) is 8.98. The fourth-order valence-electron chi connectivity index (χ4n) is 5.68. The number of rotatable bonds is 38. The predicted octanol–water partition coefficient (Wildman–Crippen LogP) is 13.9. The first-order valence-electron chi connectivity index (χ1n) is 21.9. The Balaban J connectivity index is 4.19. The van der Waals surface area contributed by atoms with Crippen molar-refractivity contribution >= 4 is 17.9 Å². The van der Waals surface area contributed by atoms with Crippen LogP contribution in [0.3, 0.4) is 0 Å². The standard InChI is InChI=1S/C48H80O6/c1-4-7-10-13-16-17-18-19-20-21-22-23-24-25-26-27-28-29-30-31-33-35-38-41-47(50)53-44-45(43-52-46(49)40-37-34-15-12-9-6-3)54-48(51)42-39-36-32-14-11-8-5-2/h7,10,16-17,19-20,22-23,25-26,28-29,45H,4-6,8-9,11-15,18,21,24,27,30-44H2,1-3H3/b10-7-,17-16-,20-19-,23-22-,26-25-,29-28-.